The van der Waals surface area contributed by atoms with Gasteiger partial charge in [-0.15, -0.1) is 0 Å². The third kappa shape index (κ3) is 6.01. The van der Waals surface area contributed by atoms with E-state index >= 15 is 0 Å². The fourth-order valence-corrected chi connectivity index (χ4v) is 3.59. The molecule has 2 aromatic carbocycles. The minimum Gasteiger partial charge on any atom is -0.362 e. The fourth-order valence-electron chi connectivity index (χ4n) is 3.37. The van der Waals surface area contributed by atoms with E-state index in [0.29, 0.717) is 17.8 Å². The predicted octanol–water partition coefficient (Wildman–Crippen LogP) is 5.23. The monoisotopic (exact) mass is 433 g/mol. The summed E-state index contributed by atoms with van der Waals surface area (Å²) in [5.74, 6) is -1.84. The van der Waals surface area contributed by atoms with E-state index in [0.717, 1.165) is 25.2 Å². The van der Waals surface area contributed by atoms with Gasteiger partial charge < -0.3 is 15.0 Å². The molecule has 4 nitrogen and oxygen atoms in total. The highest BCUT2D eigenvalue weighted by Crippen LogP contribution is 2.28. The van der Waals surface area contributed by atoms with Crippen molar-refractivity contribution in [3.63, 3.8) is 0 Å². The van der Waals surface area contributed by atoms with Crippen molar-refractivity contribution in [2.75, 3.05) is 11.4 Å². The normalized spacial score (nSPS) is 11.9. The molecule has 0 aliphatic heterocycles. The predicted molar refractivity (Wildman–Crippen MR) is 116 cm³/mol. The van der Waals surface area contributed by atoms with Gasteiger partial charge in [0.05, 0.1) is 10.6 Å². The van der Waals surface area contributed by atoms with Gasteiger partial charge in [0.25, 0.3) is 0 Å². The van der Waals surface area contributed by atoms with Crippen molar-refractivity contribution in [1.82, 2.24) is 5.32 Å². The van der Waals surface area contributed by atoms with Crippen LogP contribution in [0, 0.1) is 23.0 Å². The first-order valence-corrected chi connectivity index (χ1v) is 10.4. The quantitative estimate of drug-likeness (QED) is 0.493. The summed E-state index contributed by atoms with van der Waals surface area (Å²) in [5, 5.41) is 12.9. The maximum absolute atomic E-state index is 14.4. The van der Waals surface area contributed by atoms with E-state index in [1.165, 1.54) is 12.1 Å². The molecular formula is C23H26ClF2N3O. The SMILES string of the molecule is CCC(CC)NC[C@H](CC=O)N(Cc1cccc(F)c1F)c1ccc(C#N)c(Cl)c1. The average molecular weight is 434 g/mol. The minimum atomic E-state index is -0.924. The molecule has 0 aliphatic rings. The van der Waals surface area contributed by atoms with Crippen LogP contribution in [0.5, 0.6) is 0 Å². The Labute approximate surface area is 181 Å². The summed E-state index contributed by atoms with van der Waals surface area (Å²) in [6.07, 6.45) is 2.89. The molecule has 160 valence electrons. The van der Waals surface area contributed by atoms with Gasteiger partial charge in [-0.2, -0.15) is 5.26 Å². The van der Waals surface area contributed by atoms with Crippen LogP contribution in [0.2, 0.25) is 5.02 Å². The molecule has 30 heavy (non-hydrogen) atoms. The molecule has 0 saturated carbocycles. The summed E-state index contributed by atoms with van der Waals surface area (Å²) in [5.41, 5.74) is 1.12. The van der Waals surface area contributed by atoms with Crippen LogP contribution in [0.1, 0.15) is 44.2 Å². The number of benzene rings is 2. The number of nitrogens with zero attached hydrogens (tertiary/aromatic N) is 2. The molecule has 0 aromatic heterocycles. The molecule has 7 heteroatoms. The highest BCUT2D eigenvalue weighted by molar-refractivity contribution is 6.32. The third-order valence-electron chi connectivity index (χ3n) is 5.21. The molecule has 0 bridgehead atoms. The largest absolute Gasteiger partial charge is 0.362 e. The Morgan fingerprint density at radius 2 is 1.97 bits per heavy atom. The number of hydrogen-bond acceptors (Lipinski definition) is 4. The van der Waals surface area contributed by atoms with Crippen molar-refractivity contribution < 1.29 is 13.6 Å². The van der Waals surface area contributed by atoms with Crippen LogP contribution in [0.15, 0.2) is 36.4 Å². The van der Waals surface area contributed by atoms with Gasteiger partial charge in [0.15, 0.2) is 11.6 Å². The van der Waals surface area contributed by atoms with E-state index in [9.17, 15) is 13.6 Å². The summed E-state index contributed by atoms with van der Waals surface area (Å²) in [6.45, 7) is 4.70. The Bertz CT molecular complexity index is 897. The molecule has 0 heterocycles. The van der Waals surface area contributed by atoms with Crippen LogP contribution >= 0.6 is 11.6 Å². The summed E-state index contributed by atoms with van der Waals surface area (Å²) in [4.78, 5) is 13.2. The Morgan fingerprint density at radius 3 is 2.57 bits per heavy atom. The number of halogens is 3. The summed E-state index contributed by atoms with van der Waals surface area (Å²) >= 11 is 6.22. The Hall–Kier alpha value is -2.49. The Morgan fingerprint density at radius 1 is 1.23 bits per heavy atom. The van der Waals surface area contributed by atoms with Crippen molar-refractivity contribution >= 4 is 23.6 Å². The Balaban J connectivity index is 2.44. The molecule has 0 fully saturated rings. The standard InChI is InChI=1S/C23H26ClF2N3O/c1-3-18(4-2)28-14-20(10-11-30)29(15-17-6-5-7-22(25)23(17)26)19-9-8-16(13-27)21(24)12-19/h5-9,11-12,18,20,28H,3-4,10,14-15H2,1-2H3/t20-/m0/s1. The molecule has 2 rings (SSSR count). The number of anilines is 1. The van der Waals surface area contributed by atoms with Gasteiger partial charge in [-0.3, -0.25) is 0 Å². The number of hydrogen-bond donors (Lipinski definition) is 1. The third-order valence-corrected chi connectivity index (χ3v) is 5.53. The molecule has 0 saturated heterocycles. The first-order chi connectivity index (χ1) is 14.4. The first kappa shape index (κ1) is 23.8. The van der Waals surface area contributed by atoms with Gasteiger partial charge in [-0.05, 0) is 37.1 Å². The van der Waals surface area contributed by atoms with Crippen LogP contribution in [0.3, 0.4) is 0 Å². The molecule has 0 unspecified atom stereocenters. The fraction of sp³-hybridized carbons (Fsp3) is 0.391. The lowest BCUT2D eigenvalue weighted by atomic mass is 10.1. The zero-order valence-corrected chi connectivity index (χ0v) is 17.9. The van der Waals surface area contributed by atoms with Crippen LogP contribution in [-0.4, -0.2) is 24.9 Å². The number of nitrogens with one attached hydrogen (secondary N) is 1. The second-order valence-corrected chi connectivity index (χ2v) is 7.50. The zero-order chi connectivity index (χ0) is 22.1. The first-order valence-electron chi connectivity index (χ1n) is 10.0. The lowest BCUT2D eigenvalue weighted by Crippen LogP contribution is -2.45. The molecule has 2 aromatic rings. The average Bonchev–Trinajstić information content (AvgIpc) is 2.75. The van der Waals surface area contributed by atoms with E-state index < -0.39 is 11.6 Å². The number of aldehydes is 1. The van der Waals surface area contributed by atoms with Crippen LogP contribution in [0.4, 0.5) is 14.5 Å². The van der Waals surface area contributed by atoms with Crippen molar-refractivity contribution in [3.05, 3.63) is 64.2 Å². The van der Waals surface area contributed by atoms with Crippen molar-refractivity contribution in [3.8, 4) is 6.07 Å². The van der Waals surface area contributed by atoms with Crippen LogP contribution in [-0.2, 0) is 11.3 Å². The summed E-state index contributed by atoms with van der Waals surface area (Å²) in [7, 11) is 0. The minimum absolute atomic E-state index is 0.0505. The molecule has 0 radical (unpaired) electrons. The van der Waals surface area contributed by atoms with Crippen LogP contribution in [0.25, 0.3) is 0 Å². The summed E-state index contributed by atoms with van der Waals surface area (Å²) < 4.78 is 28.2. The second-order valence-electron chi connectivity index (χ2n) is 7.09. The summed E-state index contributed by atoms with van der Waals surface area (Å²) in [6, 6.07) is 10.9. The smallest absolute Gasteiger partial charge is 0.163 e. The molecule has 1 atom stereocenters. The highest BCUT2D eigenvalue weighted by atomic mass is 35.5. The lowest BCUT2D eigenvalue weighted by molar-refractivity contribution is -0.108. The highest BCUT2D eigenvalue weighted by Gasteiger charge is 2.23. The van der Waals surface area contributed by atoms with Crippen LogP contribution < -0.4 is 10.2 Å². The number of rotatable bonds is 11. The van der Waals surface area contributed by atoms with Crippen molar-refractivity contribution in [2.45, 2.75) is 51.7 Å². The number of carbonyl (C=O) groups excluding carboxylic acids is 1. The van der Waals surface area contributed by atoms with Gasteiger partial charge >= 0.3 is 0 Å². The topological polar surface area (TPSA) is 56.1 Å². The van der Waals surface area contributed by atoms with E-state index in [1.54, 1.807) is 18.2 Å². The van der Waals surface area contributed by atoms with Gasteiger partial charge in [-0.1, -0.05) is 37.6 Å². The number of carbonyl (C=O) groups is 1. The van der Waals surface area contributed by atoms with Gasteiger partial charge in [-0.25, -0.2) is 8.78 Å². The maximum Gasteiger partial charge on any atom is 0.163 e. The van der Waals surface area contributed by atoms with Gasteiger partial charge in [0.1, 0.15) is 12.4 Å². The van der Waals surface area contributed by atoms with E-state index in [-0.39, 0.29) is 35.6 Å². The van der Waals surface area contributed by atoms with E-state index in [2.05, 4.69) is 19.2 Å². The second kappa shape index (κ2) is 11.6. The van der Waals surface area contributed by atoms with E-state index in [1.807, 2.05) is 11.0 Å². The molecule has 0 amide bonds. The van der Waals surface area contributed by atoms with Gasteiger partial charge in [0, 0.05) is 42.8 Å². The molecule has 0 aliphatic carbocycles. The molecular weight excluding hydrogens is 408 g/mol. The molecule has 0 spiro atoms. The van der Waals surface area contributed by atoms with Crippen molar-refractivity contribution in [1.29, 1.82) is 5.26 Å². The van der Waals surface area contributed by atoms with E-state index in [4.69, 9.17) is 16.9 Å². The van der Waals surface area contributed by atoms with Crippen molar-refractivity contribution in [2.24, 2.45) is 0 Å². The zero-order valence-electron chi connectivity index (χ0n) is 17.2. The molecule has 1 N–H and O–H groups in total. The number of nitriles is 1. The Kier molecular flexibility index (Phi) is 9.22. The van der Waals surface area contributed by atoms with Gasteiger partial charge in [0.2, 0.25) is 0 Å². The lowest BCUT2D eigenvalue weighted by Gasteiger charge is -2.34. The maximum atomic E-state index is 14.4.